The number of phenolic OH excluding ortho intramolecular Hbond substituents is 1. The van der Waals surface area contributed by atoms with Crippen molar-refractivity contribution in [2.45, 2.75) is 84.7 Å². The van der Waals surface area contributed by atoms with E-state index in [1.807, 2.05) is 32.9 Å². The van der Waals surface area contributed by atoms with E-state index in [1.54, 1.807) is 0 Å². The molecule has 150 valence electrons. The van der Waals surface area contributed by atoms with Crippen molar-refractivity contribution >= 4 is 5.91 Å². The molecule has 4 heteroatoms. The summed E-state index contributed by atoms with van der Waals surface area (Å²) in [5.41, 5.74) is 2.62. The number of hydrogen-bond acceptors (Lipinski definition) is 3. The van der Waals surface area contributed by atoms with Crippen molar-refractivity contribution in [2.24, 2.45) is 0 Å². The molecule has 0 saturated heterocycles. The zero-order chi connectivity index (χ0) is 20.2. The molecule has 0 heterocycles. The van der Waals surface area contributed by atoms with Gasteiger partial charge in [-0.3, -0.25) is 4.79 Å². The van der Waals surface area contributed by atoms with Gasteiger partial charge in [0.25, 0.3) is 0 Å². The highest BCUT2D eigenvalue weighted by atomic mass is 16.5. The molecule has 2 rings (SSSR count). The van der Waals surface area contributed by atoms with Crippen LogP contribution in [0.1, 0.15) is 84.3 Å². The van der Waals surface area contributed by atoms with Crippen LogP contribution in [0.15, 0.2) is 23.8 Å². The van der Waals surface area contributed by atoms with Crippen molar-refractivity contribution in [3.63, 3.8) is 0 Å². The number of allylic oxidation sites excluding steroid dienone is 1. The van der Waals surface area contributed by atoms with E-state index in [0.29, 0.717) is 13.0 Å². The van der Waals surface area contributed by atoms with Gasteiger partial charge in [-0.15, -0.1) is 0 Å². The number of hydrogen-bond donors (Lipinski definition) is 2. The van der Waals surface area contributed by atoms with Gasteiger partial charge in [-0.1, -0.05) is 33.8 Å². The monoisotopic (exact) mass is 373 g/mol. The van der Waals surface area contributed by atoms with Gasteiger partial charge in [0.05, 0.1) is 6.10 Å². The molecule has 1 amide bonds. The van der Waals surface area contributed by atoms with Crippen LogP contribution in [0.3, 0.4) is 0 Å². The van der Waals surface area contributed by atoms with Gasteiger partial charge >= 0.3 is 0 Å². The Morgan fingerprint density at radius 3 is 2.63 bits per heavy atom. The number of nitrogens with one attached hydrogen (secondary N) is 1. The fourth-order valence-electron chi connectivity index (χ4n) is 3.50. The maximum Gasteiger partial charge on any atom is 0.246 e. The van der Waals surface area contributed by atoms with Crippen LogP contribution in [0, 0.1) is 0 Å². The Morgan fingerprint density at radius 1 is 1.33 bits per heavy atom. The average Bonchev–Trinajstić information content (AvgIpc) is 2.58. The third-order valence-corrected chi connectivity index (χ3v) is 4.96. The van der Waals surface area contributed by atoms with E-state index in [-0.39, 0.29) is 29.1 Å². The van der Waals surface area contributed by atoms with Gasteiger partial charge in [0.2, 0.25) is 5.91 Å². The lowest BCUT2D eigenvalue weighted by Gasteiger charge is -2.28. The topological polar surface area (TPSA) is 58.6 Å². The molecule has 1 atom stereocenters. The predicted molar refractivity (Wildman–Crippen MR) is 111 cm³/mol. The number of aromatic hydroxyl groups is 1. The van der Waals surface area contributed by atoms with Gasteiger partial charge in [0.1, 0.15) is 11.5 Å². The molecule has 0 aliphatic heterocycles. The lowest BCUT2D eigenvalue weighted by atomic mass is 9.80. The van der Waals surface area contributed by atoms with Crippen molar-refractivity contribution in [3.05, 3.63) is 34.9 Å². The normalized spacial score (nSPS) is 17.6. The Bertz CT molecular complexity index is 698. The Hall–Kier alpha value is -1.97. The summed E-state index contributed by atoms with van der Waals surface area (Å²) in [4.78, 5) is 12.4. The number of carbonyl (C=O) groups is 1. The maximum atomic E-state index is 12.4. The van der Waals surface area contributed by atoms with Crippen molar-refractivity contribution < 1.29 is 14.6 Å². The summed E-state index contributed by atoms with van der Waals surface area (Å²) < 4.78 is 6.10. The molecule has 0 spiro atoms. The molecule has 0 aromatic heterocycles. The lowest BCUT2D eigenvalue weighted by molar-refractivity contribution is -0.117. The van der Waals surface area contributed by atoms with Crippen molar-refractivity contribution in [1.82, 2.24) is 5.32 Å². The first-order valence-electron chi connectivity index (χ1n) is 10.1. The fourth-order valence-corrected chi connectivity index (χ4v) is 3.50. The Morgan fingerprint density at radius 2 is 2.04 bits per heavy atom. The molecular formula is C23H35NO3. The zero-order valence-corrected chi connectivity index (χ0v) is 17.7. The molecule has 1 aromatic rings. The predicted octanol–water partition coefficient (Wildman–Crippen LogP) is 5.20. The highest BCUT2D eigenvalue weighted by Gasteiger charge is 2.28. The number of amides is 1. The van der Waals surface area contributed by atoms with Crippen LogP contribution >= 0.6 is 0 Å². The van der Waals surface area contributed by atoms with E-state index in [4.69, 9.17) is 4.74 Å². The number of phenols is 1. The Labute approximate surface area is 164 Å². The van der Waals surface area contributed by atoms with Crippen molar-refractivity contribution in [2.75, 3.05) is 6.54 Å². The summed E-state index contributed by atoms with van der Waals surface area (Å²) in [7, 11) is 0. The second kappa shape index (κ2) is 8.81. The van der Waals surface area contributed by atoms with E-state index in [0.717, 1.165) is 41.7 Å². The molecule has 1 aromatic carbocycles. The number of carbonyl (C=O) groups excluding carboxylic acids is 1. The van der Waals surface area contributed by atoms with E-state index >= 15 is 0 Å². The van der Waals surface area contributed by atoms with Crippen molar-refractivity contribution in [1.29, 1.82) is 0 Å². The van der Waals surface area contributed by atoms with Crippen LogP contribution in [0.25, 0.3) is 0 Å². The number of benzene rings is 1. The van der Waals surface area contributed by atoms with Gasteiger partial charge in [0, 0.05) is 17.7 Å². The SMILES string of the molecule is CCCNC(=O)C1=CCC[C@H](c2c(O)cc(C(C)(C)C)cc2OC(C)C)C1. The number of ether oxygens (including phenoxy) is 1. The third-order valence-electron chi connectivity index (χ3n) is 4.96. The molecule has 1 aliphatic carbocycles. The van der Waals surface area contributed by atoms with Gasteiger partial charge in [-0.2, -0.15) is 0 Å². The summed E-state index contributed by atoms with van der Waals surface area (Å²) in [6, 6.07) is 3.92. The second-order valence-electron chi connectivity index (χ2n) is 8.79. The molecule has 27 heavy (non-hydrogen) atoms. The summed E-state index contributed by atoms with van der Waals surface area (Å²) in [6.07, 6.45) is 5.34. The fraction of sp³-hybridized carbons (Fsp3) is 0.609. The van der Waals surface area contributed by atoms with E-state index < -0.39 is 0 Å². The van der Waals surface area contributed by atoms with E-state index in [2.05, 4.69) is 32.2 Å². The molecule has 0 saturated carbocycles. The van der Waals surface area contributed by atoms with Crippen LogP contribution in [0.5, 0.6) is 11.5 Å². The highest BCUT2D eigenvalue weighted by Crippen LogP contribution is 2.45. The van der Waals surface area contributed by atoms with Crippen molar-refractivity contribution in [3.8, 4) is 11.5 Å². The molecular weight excluding hydrogens is 338 g/mol. The molecule has 2 N–H and O–H groups in total. The van der Waals surface area contributed by atoms with Gasteiger partial charge in [-0.25, -0.2) is 0 Å². The summed E-state index contributed by atoms with van der Waals surface area (Å²) >= 11 is 0. The highest BCUT2D eigenvalue weighted by molar-refractivity contribution is 5.93. The second-order valence-corrected chi connectivity index (χ2v) is 8.79. The molecule has 1 aliphatic rings. The minimum absolute atomic E-state index is 0.0127. The van der Waals surface area contributed by atoms with Crippen LogP contribution in [0.2, 0.25) is 0 Å². The van der Waals surface area contributed by atoms with Crippen LogP contribution in [-0.2, 0) is 10.2 Å². The summed E-state index contributed by atoms with van der Waals surface area (Å²) in [6.45, 7) is 13.1. The first-order chi connectivity index (χ1) is 12.6. The number of rotatable bonds is 6. The lowest BCUT2D eigenvalue weighted by Crippen LogP contribution is -2.27. The molecule has 0 unspecified atom stereocenters. The standard InChI is InChI=1S/C23H35NO3/c1-7-11-24-22(26)17-10-8-9-16(12-17)21-19(25)13-18(23(4,5)6)14-20(21)27-15(2)3/h10,13-16,25H,7-9,11-12H2,1-6H3,(H,24,26)/t16-/m0/s1. The van der Waals surface area contributed by atoms with Crippen LogP contribution in [-0.4, -0.2) is 23.7 Å². The third kappa shape index (κ3) is 5.50. The van der Waals surface area contributed by atoms with Gasteiger partial charge in [0.15, 0.2) is 0 Å². The van der Waals surface area contributed by atoms with Gasteiger partial charge in [-0.05, 0) is 68.6 Å². The first-order valence-corrected chi connectivity index (χ1v) is 10.1. The minimum Gasteiger partial charge on any atom is -0.508 e. The average molecular weight is 374 g/mol. The molecule has 0 fully saturated rings. The van der Waals surface area contributed by atoms with E-state index in [1.165, 1.54) is 0 Å². The van der Waals surface area contributed by atoms with Gasteiger partial charge < -0.3 is 15.2 Å². The largest absolute Gasteiger partial charge is 0.508 e. The molecule has 0 radical (unpaired) electrons. The zero-order valence-electron chi connectivity index (χ0n) is 17.7. The minimum atomic E-state index is -0.0806. The first kappa shape index (κ1) is 21.3. The summed E-state index contributed by atoms with van der Waals surface area (Å²) in [5, 5.41) is 13.8. The van der Waals surface area contributed by atoms with Crippen LogP contribution < -0.4 is 10.1 Å². The summed E-state index contributed by atoms with van der Waals surface area (Å²) in [5.74, 6) is 1.12. The van der Waals surface area contributed by atoms with Crippen LogP contribution in [0.4, 0.5) is 0 Å². The maximum absolute atomic E-state index is 12.4. The Kier molecular flexibility index (Phi) is 6.96. The quantitative estimate of drug-likeness (QED) is 0.721. The van der Waals surface area contributed by atoms with E-state index in [9.17, 15) is 9.90 Å². The smallest absolute Gasteiger partial charge is 0.246 e. The molecule has 4 nitrogen and oxygen atoms in total. The Balaban J connectivity index is 2.36. The molecule has 0 bridgehead atoms.